The number of amides is 1. The summed E-state index contributed by atoms with van der Waals surface area (Å²) < 4.78 is 0. The number of nitrogens with zero attached hydrogens (tertiary/aromatic N) is 4. The van der Waals surface area contributed by atoms with Gasteiger partial charge in [0.2, 0.25) is 0 Å². The van der Waals surface area contributed by atoms with Crippen LogP contribution in [0, 0.1) is 10.1 Å². The Morgan fingerprint density at radius 3 is 2.22 bits per heavy atom. The molecule has 1 amide bonds. The number of benzene rings is 1. The van der Waals surface area contributed by atoms with Gasteiger partial charge in [-0.2, -0.15) is 0 Å². The number of likely N-dealkylation sites (N-methyl/N-ethyl adjacent to an activating group) is 1. The van der Waals surface area contributed by atoms with Crippen molar-refractivity contribution in [3.8, 4) is 17.1 Å². The minimum Gasteiger partial charge on any atom is -0.494 e. The molecule has 0 atom stereocenters. The molecule has 2 aromatic heterocycles. The fraction of sp³-hybridized carbons (Fsp3) is 0.217. The Morgan fingerprint density at radius 1 is 1.06 bits per heavy atom. The van der Waals surface area contributed by atoms with Gasteiger partial charge in [-0.25, -0.2) is 9.59 Å². The van der Waals surface area contributed by atoms with Crippen LogP contribution in [0.5, 0.6) is 5.88 Å². The number of non-ortho nitro benzene ring substituents is 1. The lowest BCUT2D eigenvalue weighted by atomic mass is 10.1. The van der Waals surface area contributed by atoms with E-state index in [9.17, 15) is 29.6 Å². The number of aromatic nitrogens is 2. The lowest BCUT2D eigenvalue weighted by molar-refractivity contribution is -0.384. The third-order valence-corrected chi connectivity index (χ3v) is 5.40. The van der Waals surface area contributed by atoms with E-state index in [1.165, 1.54) is 18.3 Å². The highest BCUT2D eigenvalue weighted by atomic mass is 16.6. The zero-order valence-electron chi connectivity index (χ0n) is 19.1. The number of carboxylic acid groups (broad SMARTS) is 2. The molecule has 188 valence electrons. The van der Waals surface area contributed by atoms with Crippen LogP contribution >= 0.6 is 0 Å². The number of carboxylic acids is 2. The van der Waals surface area contributed by atoms with Crippen molar-refractivity contribution < 1.29 is 34.6 Å². The van der Waals surface area contributed by atoms with E-state index in [0.717, 1.165) is 13.1 Å². The second kappa shape index (κ2) is 11.1. The van der Waals surface area contributed by atoms with Crippen molar-refractivity contribution in [1.82, 2.24) is 19.8 Å². The Bertz CT molecular complexity index is 1310. The lowest BCUT2D eigenvalue weighted by Gasteiger charge is -2.32. The number of nitrogens with one attached hydrogen (secondary N) is 1. The SMILES string of the molecule is CN1CCN(C(=O)c2ccc(-c3c(O)[nH]c4ccc([N+](=O)[O-])cc34)nc2)CC1.O=C(O)/C=C/C(=O)O. The summed E-state index contributed by atoms with van der Waals surface area (Å²) in [7, 11) is 2.02. The minimum atomic E-state index is -1.26. The predicted octanol–water partition coefficient (Wildman–Crippen LogP) is 1.94. The summed E-state index contributed by atoms with van der Waals surface area (Å²) in [4.78, 5) is 53.4. The molecule has 0 unspecified atom stereocenters. The summed E-state index contributed by atoms with van der Waals surface area (Å²) in [5.74, 6) is -2.72. The average Bonchev–Trinajstić information content (AvgIpc) is 3.18. The van der Waals surface area contributed by atoms with Gasteiger partial charge in [0.25, 0.3) is 11.6 Å². The fourth-order valence-corrected chi connectivity index (χ4v) is 3.54. The standard InChI is InChI=1S/C19H19N5O4.C4H4O4/c1-22-6-8-23(9-7-22)19(26)12-2-4-16(20-11-12)17-14-10-13(24(27)28)3-5-15(14)21-18(17)25;5-3(6)1-2-4(7)8/h2-5,10-11,21,25H,6-9H2,1H3;1-2H,(H,5,6)(H,7,8)/b;2-1+. The molecule has 0 radical (unpaired) electrons. The van der Waals surface area contributed by atoms with Gasteiger partial charge >= 0.3 is 11.9 Å². The number of nitro groups is 1. The molecule has 1 fully saturated rings. The van der Waals surface area contributed by atoms with Crippen LogP contribution in [0.2, 0.25) is 0 Å². The molecule has 0 spiro atoms. The number of rotatable bonds is 5. The van der Waals surface area contributed by atoms with E-state index < -0.39 is 16.9 Å². The zero-order valence-corrected chi connectivity index (χ0v) is 19.1. The molecular weight excluding hydrogens is 474 g/mol. The molecule has 0 aliphatic carbocycles. The van der Waals surface area contributed by atoms with Crippen molar-refractivity contribution in [3.63, 3.8) is 0 Å². The van der Waals surface area contributed by atoms with Crippen molar-refractivity contribution in [2.45, 2.75) is 0 Å². The first-order chi connectivity index (χ1) is 17.1. The van der Waals surface area contributed by atoms with Crippen LogP contribution in [0.25, 0.3) is 22.2 Å². The molecule has 0 bridgehead atoms. The first-order valence-electron chi connectivity index (χ1n) is 10.6. The van der Waals surface area contributed by atoms with Crippen LogP contribution in [0.4, 0.5) is 5.69 Å². The number of nitro benzene ring substituents is 1. The Morgan fingerprint density at radius 2 is 1.69 bits per heavy atom. The predicted molar refractivity (Wildman–Crippen MR) is 128 cm³/mol. The van der Waals surface area contributed by atoms with E-state index >= 15 is 0 Å². The maximum atomic E-state index is 12.6. The third kappa shape index (κ3) is 6.21. The van der Waals surface area contributed by atoms with E-state index in [1.807, 2.05) is 7.05 Å². The molecular formula is C23H23N5O8. The number of pyridine rings is 1. The molecule has 4 rings (SSSR count). The summed E-state index contributed by atoms with van der Waals surface area (Å²) >= 11 is 0. The lowest BCUT2D eigenvalue weighted by Crippen LogP contribution is -2.47. The van der Waals surface area contributed by atoms with Crippen LogP contribution in [0.1, 0.15) is 10.4 Å². The van der Waals surface area contributed by atoms with Crippen molar-refractivity contribution in [2.24, 2.45) is 0 Å². The number of hydrogen-bond donors (Lipinski definition) is 4. The van der Waals surface area contributed by atoms with E-state index in [0.29, 0.717) is 53.0 Å². The number of aliphatic carboxylic acids is 2. The maximum absolute atomic E-state index is 12.6. The molecule has 1 aliphatic rings. The smallest absolute Gasteiger partial charge is 0.328 e. The Labute approximate surface area is 204 Å². The van der Waals surface area contributed by atoms with Gasteiger partial charge in [-0.05, 0) is 25.2 Å². The molecule has 1 aromatic carbocycles. The van der Waals surface area contributed by atoms with Gasteiger partial charge < -0.3 is 30.1 Å². The summed E-state index contributed by atoms with van der Waals surface area (Å²) in [6.45, 7) is 3.01. The summed E-state index contributed by atoms with van der Waals surface area (Å²) in [5.41, 5.74) is 1.77. The van der Waals surface area contributed by atoms with Gasteiger partial charge in [0.05, 0.1) is 21.7 Å². The molecule has 1 aliphatic heterocycles. The number of aromatic hydroxyl groups is 1. The topological polar surface area (TPSA) is 190 Å². The van der Waals surface area contributed by atoms with Crippen molar-refractivity contribution in [2.75, 3.05) is 33.2 Å². The Hall–Kier alpha value is -4.78. The summed E-state index contributed by atoms with van der Waals surface area (Å²) in [6.07, 6.45) is 2.59. The Kier molecular flexibility index (Phi) is 7.96. The summed E-state index contributed by atoms with van der Waals surface area (Å²) in [5, 5.41) is 37.5. The van der Waals surface area contributed by atoms with Gasteiger partial charge in [-0.1, -0.05) is 0 Å². The second-order valence-corrected chi connectivity index (χ2v) is 7.87. The highest BCUT2D eigenvalue weighted by Gasteiger charge is 2.22. The third-order valence-electron chi connectivity index (χ3n) is 5.40. The van der Waals surface area contributed by atoms with Gasteiger partial charge in [-0.15, -0.1) is 0 Å². The first-order valence-corrected chi connectivity index (χ1v) is 10.6. The normalized spacial score (nSPS) is 13.9. The van der Waals surface area contributed by atoms with Crippen molar-refractivity contribution in [3.05, 3.63) is 64.4 Å². The molecule has 13 nitrogen and oxygen atoms in total. The molecule has 4 N–H and O–H groups in total. The summed E-state index contributed by atoms with van der Waals surface area (Å²) in [6, 6.07) is 7.62. The number of fused-ring (bicyclic) bond motifs is 1. The van der Waals surface area contributed by atoms with Gasteiger partial charge in [0.15, 0.2) is 5.88 Å². The number of hydrogen-bond acceptors (Lipinski definition) is 8. The molecule has 3 heterocycles. The highest BCUT2D eigenvalue weighted by Crippen LogP contribution is 2.37. The number of piperazine rings is 1. The molecule has 3 aromatic rings. The number of carbonyl (C=O) groups excluding carboxylic acids is 1. The minimum absolute atomic E-state index is 0.0744. The van der Waals surface area contributed by atoms with E-state index in [-0.39, 0.29) is 17.5 Å². The number of H-pyrrole nitrogens is 1. The van der Waals surface area contributed by atoms with E-state index in [2.05, 4.69) is 14.9 Å². The van der Waals surface area contributed by atoms with E-state index in [4.69, 9.17) is 10.2 Å². The van der Waals surface area contributed by atoms with Crippen LogP contribution in [-0.4, -0.2) is 91.1 Å². The fourth-order valence-electron chi connectivity index (χ4n) is 3.54. The monoisotopic (exact) mass is 497 g/mol. The van der Waals surface area contributed by atoms with Crippen LogP contribution in [-0.2, 0) is 9.59 Å². The van der Waals surface area contributed by atoms with Crippen LogP contribution in [0.15, 0.2) is 48.7 Å². The molecule has 0 saturated carbocycles. The van der Waals surface area contributed by atoms with Crippen molar-refractivity contribution in [1.29, 1.82) is 0 Å². The van der Waals surface area contributed by atoms with Gasteiger partial charge in [-0.3, -0.25) is 19.9 Å². The second-order valence-electron chi connectivity index (χ2n) is 7.87. The van der Waals surface area contributed by atoms with Crippen molar-refractivity contribution >= 4 is 34.4 Å². The molecule has 1 saturated heterocycles. The Balaban J connectivity index is 0.000000392. The maximum Gasteiger partial charge on any atom is 0.328 e. The zero-order chi connectivity index (χ0) is 26.4. The van der Waals surface area contributed by atoms with E-state index in [1.54, 1.807) is 23.1 Å². The van der Waals surface area contributed by atoms with Gasteiger partial charge in [0.1, 0.15) is 0 Å². The van der Waals surface area contributed by atoms with Crippen LogP contribution < -0.4 is 0 Å². The largest absolute Gasteiger partial charge is 0.494 e. The highest BCUT2D eigenvalue weighted by molar-refractivity contribution is 6.00. The molecule has 13 heteroatoms. The average molecular weight is 497 g/mol. The number of aromatic amines is 1. The van der Waals surface area contributed by atoms with Gasteiger partial charge in [0, 0.05) is 67.6 Å². The quantitative estimate of drug-likeness (QED) is 0.230. The number of carbonyl (C=O) groups is 3. The van der Waals surface area contributed by atoms with Crippen LogP contribution in [0.3, 0.4) is 0 Å². The molecule has 36 heavy (non-hydrogen) atoms. The first kappa shape index (κ1) is 25.8.